The number of rotatable bonds is 5. The Morgan fingerprint density at radius 3 is 2.73 bits per heavy atom. The first kappa shape index (κ1) is 16.3. The molecule has 0 aromatic heterocycles. The predicted octanol–water partition coefficient (Wildman–Crippen LogP) is 2.54. The Morgan fingerprint density at radius 2 is 2.09 bits per heavy atom. The highest BCUT2D eigenvalue weighted by atomic mass is 16.3. The Labute approximate surface area is 131 Å². The van der Waals surface area contributed by atoms with Crippen molar-refractivity contribution < 1.29 is 14.7 Å². The monoisotopic (exact) mass is 304 g/mol. The summed E-state index contributed by atoms with van der Waals surface area (Å²) in [7, 11) is 0. The molecule has 22 heavy (non-hydrogen) atoms. The fourth-order valence-electron chi connectivity index (χ4n) is 2.89. The summed E-state index contributed by atoms with van der Waals surface area (Å²) >= 11 is 0. The van der Waals surface area contributed by atoms with Gasteiger partial charge in [0.15, 0.2) is 0 Å². The van der Waals surface area contributed by atoms with E-state index in [1.54, 1.807) is 6.07 Å². The van der Waals surface area contributed by atoms with Crippen LogP contribution in [0.4, 0.5) is 5.69 Å². The molecule has 1 aromatic rings. The number of anilines is 1. The van der Waals surface area contributed by atoms with E-state index in [4.69, 9.17) is 0 Å². The van der Waals surface area contributed by atoms with E-state index < -0.39 is 0 Å². The summed E-state index contributed by atoms with van der Waals surface area (Å²) in [6.07, 6.45) is 2.68. The molecule has 0 aliphatic heterocycles. The van der Waals surface area contributed by atoms with Crippen LogP contribution in [0.25, 0.3) is 0 Å². The van der Waals surface area contributed by atoms with Crippen LogP contribution < -0.4 is 10.6 Å². The molecule has 0 spiro atoms. The fourth-order valence-corrected chi connectivity index (χ4v) is 2.89. The molecule has 1 atom stereocenters. The highest BCUT2D eigenvalue weighted by Crippen LogP contribution is 2.44. The second-order valence-corrected chi connectivity index (χ2v) is 6.19. The van der Waals surface area contributed by atoms with Crippen molar-refractivity contribution in [3.8, 4) is 5.75 Å². The van der Waals surface area contributed by atoms with Gasteiger partial charge in [0.05, 0.1) is 5.69 Å². The van der Waals surface area contributed by atoms with Crippen molar-refractivity contribution >= 4 is 17.5 Å². The molecule has 0 radical (unpaired) electrons. The number of amides is 2. The number of carbonyl (C=O) groups is 2. The number of aryl methyl sites for hydroxylation is 1. The zero-order valence-electron chi connectivity index (χ0n) is 13.4. The van der Waals surface area contributed by atoms with Crippen molar-refractivity contribution in [2.75, 3.05) is 11.9 Å². The molecule has 5 nitrogen and oxygen atoms in total. The molecule has 120 valence electrons. The quantitative estimate of drug-likeness (QED) is 0.731. The Balaban J connectivity index is 2.15. The Bertz CT molecular complexity index is 582. The molecule has 0 saturated heterocycles. The van der Waals surface area contributed by atoms with E-state index in [0.29, 0.717) is 12.2 Å². The first-order valence-electron chi connectivity index (χ1n) is 7.80. The largest absolute Gasteiger partial charge is 0.505 e. The van der Waals surface area contributed by atoms with E-state index >= 15 is 0 Å². The number of carbonyl (C=O) groups excluding carboxylic acids is 2. The van der Waals surface area contributed by atoms with Crippen molar-refractivity contribution in [3.63, 3.8) is 0 Å². The molecular formula is C17H24N2O3. The van der Waals surface area contributed by atoms with Gasteiger partial charge in [-0.25, -0.2) is 0 Å². The number of benzene rings is 1. The van der Waals surface area contributed by atoms with Gasteiger partial charge in [0.1, 0.15) is 5.75 Å². The van der Waals surface area contributed by atoms with Crippen molar-refractivity contribution in [2.24, 2.45) is 5.92 Å². The summed E-state index contributed by atoms with van der Waals surface area (Å²) in [5.74, 6) is 0.112. The topological polar surface area (TPSA) is 78.4 Å². The van der Waals surface area contributed by atoms with Crippen LogP contribution >= 0.6 is 0 Å². The van der Waals surface area contributed by atoms with Crippen LogP contribution in [0.15, 0.2) is 12.1 Å². The third-order valence-corrected chi connectivity index (χ3v) is 4.13. The van der Waals surface area contributed by atoms with Gasteiger partial charge in [-0.15, -0.1) is 0 Å². The molecule has 3 N–H and O–H groups in total. The number of fused-ring (bicyclic) bond motifs is 1. The Hall–Kier alpha value is -2.04. The minimum atomic E-state index is -0.136. The third-order valence-electron chi connectivity index (χ3n) is 4.13. The zero-order chi connectivity index (χ0) is 16.3. The number of hydrogen-bond donors (Lipinski definition) is 3. The van der Waals surface area contributed by atoms with Gasteiger partial charge < -0.3 is 15.7 Å². The third kappa shape index (κ3) is 3.59. The number of hydrogen-bond acceptors (Lipinski definition) is 3. The molecule has 1 unspecified atom stereocenters. The van der Waals surface area contributed by atoms with Crippen LogP contribution in [0.2, 0.25) is 0 Å². The molecule has 1 aliphatic carbocycles. The van der Waals surface area contributed by atoms with Crippen molar-refractivity contribution in [3.05, 3.63) is 23.3 Å². The second kappa shape index (κ2) is 6.81. The molecule has 2 rings (SSSR count). The zero-order valence-corrected chi connectivity index (χ0v) is 13.4. The predicted molar refractivity (Wildman–Crippen MR) is 85.9 cm³/mol. The Kier molecular flexibility index (Phi) is 5.06. The molecular weight excluding hydrogens is 280 g/mol. The lowest BCUT2D eigenvalue weighted by Crippen LogP contribution is -2.22. The molecule has 0 saturated carbocycles. The first-order chi connectivity index (χ1) is 10.4. The summed E-state index contributed by atoms with van der Waals surface area (Å²) in [6, 6.07) is 3.74. The summed E-state index contributed by atoms with van der Waals surface area (Å²) < 4.78 is 0. The van der Waals surface area contributed by atoms with Gasteiger partial charge >= 0.3 is 0 Å². The van der Waals surface area contributed by atoms with Crippen LogP contribution in [0.3, 0.4) is 0 Å². The van der Waals surface area contributed by atoms with E-state index in [-0.39, 0.29) is 29.4 Å². The van der Waals surface area contributed by atoms with Crippen LogP contribution in [-0.4, -0.2) is 23.5 Å². The standard InChI is InChI=1S/C17H24N2O3/c1-10(2)17(22)19-14-7-6-12-4-5-13(15(12)16(14)21)8-9-18-11(3)20/h6-7,10,13,21H,4-5,8-9H2,1-3H3,(H,18,20)(H,19,22). The maximum absolute atomic E-state index is 11.8. The minimum Gasteiger partial charge on any atom is -0.505 e. The molecule has 0 heterocycles. The fraction of sp³-hybridized carbons (Fsp3) is 0.529. The Morgan fingerprint density at radius 1 is 1.36 bits per heavy atom. The molecule has 2 amide bonds. The smallest absolute Gasteiger partial charge is 0.227 e. The summed E-state index contributed by atoms with van der Waals surface area (Å²) in [5.41, 5.74) is 2.53. The minimum absolute atomic E-state index is 0.0413. The lowest BCUT2D eigenvalue weighted by atomic mass is 9.96. The molecule has 1 aromatic carbocycles. The van der Waals surface area contributed by atoms with Crippen LogP contribution in [0.1, 0.15) is 50.7 Å². The first-order valence-corrected chi connectivity index (χ1v) is 7.80. The van der Waals surface area contributed by atoms with E-state index in [1.807, 2.05) is 19.9 Å². The molecule has 0 bridgehead atoms. The number of nitrogens with one attached hydrogen (secondary N) is 2. The van der Waals surface area contributed by atoms with E-state index in [9.17, 15) is 14.7 Å². The van der Waals surface area contributed by atoms with Gasteiger partial charge in [-0.3, -0.25) is 9.59 Å². The average Bonchev–Trinajstić information content (AvgIpc) is 2.85. The van der Waals surface area contributed by atoms with Gasteiger partial charge in [-0.05, 0) is 36.8 Å². The molecule has 5 heteroatoms. The van der Waals surface area contributed by atoms with E-state index in [2.05, 4.69) is 10.6 Å². The van der Waals surface area contributed by atoms with Crippen LogP contribution in [-0.2, 0) is 16.0 Å². The van der Waals surface area contributed by atoms with Crippen molar-refractivity contribution in [1.29, 1.82) is 0 Å². The maximum Gasteiger partial charge on any atom is 0.227 e. The van der Waals surface area contributed by atoms with Crippen LogP contribution in [0.5, 0.6) is 5.75 Å². The molecule has 0 fully saturated rings. The number of phenols is 1. The maximum atomic E-state index is 11.8. The van der Waals surface area contributed by atoms with Gasteiger partial charge in [-0.1, -0.05) is 19.9 Å². The SMILES string of the molecule is CC(=O)NCCC1CCc2ccc(NC(=O)C(C)C)c(O)c21. The van der Waals surface area contributed by atoms with Crippen molar-refractivity contribution in [1.82, 2.24) is 5.32 Å². The van der Waals surface area contributed by atoms with Gasteiger partial charge in [0.25, 0.3) is 0 Å². The summed E-state index contributed by atoms with van der Waals surface area (Å²) in [4.78, 5) is 22.8. The summed E-state index contributed by atoms with van der Waals surface area (Å²) in [5, 5.41) is 16.1. The van der Waals surface area contributed by atoms with Gasteiger partial charge in [0.2, 0.25) is 11.8 Å². The van der Waals surface area contributed by atoms with Crippen molar-refractivity contribution in [2.45, 2.75) is 46.0 Å². The number of aromatic hydroxyl groups is 1. The van der Waals surface area contributed by atoms with E-state index in [0.717, 1.165) is 30.4 Å². The normalized spacial score (nSPS) is 16.5. The lowest BCUT2D eigenvalue weighted by Gasteiger charge is -2.17. The molecule has 1 aliphatic rings. The van der Waals surface area contributed by atoms with Gasteiger partial charge in [-0.2, -0.15) is 0 Å². The lowest BCUT2D eigenvalue weighted by molar-refractivity contribution is -0.119. The average molecular weight is 304 g/mol. The van der Waals surface area contributed by atoms with Gasteiger partial charge in [0, 0.05) is 24.9 Å². The second-order valence-electron chi connectivity index (χ2n) is 6.19. The van der Waals surface area contributed by atoms with Crippen LogP contribution in [0, 0.1) is 5.92 Å². The summed E-state index contributed by atoms with van der Waals surface area (Å²) in [6.45, 7) is 5.73. The van der Waals surface area contributed by atoms with E-state index in [1.165, 1.54) is 6.92 Å². The number of phenolic OH excluding ortho intramolecular Hbond substituents is 1. The highest BCUT2D eigenvalue weighted by molar-refractivity contribution is 5.93. The highest BCUT2D eigenvalue weighted by Gasteiger charge is 2.27.